The van der Waals surface area contributed by atoms with Crippen molar-refractivity contribution in [2.24, 2.45) is 0 Å². The van der Waals surface area contributed by atoms with Crippen molar-refractivity contribution < 1.29 is 0 Å². The number of hydrogen-bond donors (Lipinski definition) is 2. The summed E-state index contributed by atoms with van der Waals surface area (Å²) in [7, 11) is 2.03. The molecular formula is C12H17BrClN3. The largest absolute Gasteiger partial charge is 0.366 e. The highest BCUT2D eigenvalue weighted by Crippen LogP contribution is 2.27. The second kappa shape index (κ2) is 6.03. The van der Waals surface area contributed by atoms with Crippen LogP contribution in [0.2, 0.25) is 5.02 Å². The lowest BCUT2D eigenvalue weighted by molar-refractivity contribution is 0.371. The summed E-state index contributed by atoms with van der Waals surface area (Å²) >= 11 is 9.49. The van der Waals surface area contributed by atoms with Crippen LogP contribution in [0.5, 0.6) is 0 Å². The zero-order chi connectivity index (χ0) is 12.3. The number of hydrogen-bond acceptors (Lipinski definition) is 3. The monoisotopic (exact) mass is 317 g/mol. The van der Waals surface area contributed by atoms with Gasteiger partial charge in [-0.05, 0) is 54.7 Å². The van der Waals surface area contributed by atoms with Gasteiger partial charge in [-0.3, -0.25) is 0 Å². The lowest BCUT2D eigenvalue weighted by Crippen LogP contribution is -2.35. The molecule has 0 aliphatic heterocycles. The molecule has 1 aliphatic carbocycles. The summed E-state index contributed by atoms with van der Waals surface area (Å²) in [6.45, 7) is 0. The van der Waals surface area contributed by atoms with Gasteiger partial charge in [0.15, 0.2) is 0 Å². The minimum atomic E-state index is 0.491. The van der Waals surface area contributed by atoms with Crippen LogP contribution in [0.4, 0.5) is 5.82 Å². The fourth-order valence-corrected chi connectivity index (χ4v) is 2.92. The maximum atomic E-state index is 6.14. The predicted molar refractivity (Wildman–Crippen MR) is 75.7 cm³/mol. The van der Waals surface area contributed by atoms with Crippen molar-refractivity contribution in [1.82, 2.24) is 10.3 Å². The van der Waals surface area contributed by atoms with Crippen LogP contribution in [0.15, 0.2) is 16.7 Å². The third kappa shape index (κ3) is 3.57. The van der Waals surface area contributed by atoms with E-state index in [9.17, 15) is 0 Å². The Kier molecular flexibility index (Phi) is 4.65. The molecule has 1 heterocycles. The summed E-state index contributed by atoms with van der Waals surface area (Å²) in [5.74, 6) is 0.794. The molecule has 0 aromatic carbocycles. The van der Waals surface area contributed by atoms with E-state index < -0.39 is 0 Å². The first-order chi connectivity index (χ1) is 8.19. The quantitative estimate of drug-likeness (QED) is 0.896. The Hall–Kier alpha value is -0.320. The number of nitrogens with zero attached hydrogens (tertiary/aromatic N) is 1. The molecule has 1 fully saturated rings. The Morgan fingerprint density at radius 1 is 1.29 bits per heavy atom. The van der Waals surface area contributed by atoms with Gasteiger partial charge in [0.1, 0.15) is 5.82 Å². The molecule has 1 saturated carbocycles. The summed E-state index contributed by atoms with van der Waals surface area (Å²) in [5.41, 5.74) is 0. The molecule has 0 spiro atoms. The lowest BCUT2D eigenvalue weighted by atomic mass is 9.91. The van der Waals surface area contributed by atoms with Crippen LogP contribution >= 0.6 is 27.5 Å². The molecule has 2 rings (SSSR count). The second-order valence-electron chi connectivity index (χ2n) is 4.47. The van der Waals surface area contributed by atoms with E-state index in [-0.39, 0.29) is 0 Å². The van der Waals surface area contributed by atoms with E-state index in [4.69, 9.17) is 11.6 Å². The molecule has 1 aromatic rings. The van der Waals surface area contributed by atoms with E-state index in [1.54, 1.807) is 6.20 Å². The summed E-state index contributed by atoms with van der Waals surface area (Å²) in [5, 5.41) is 7.44. The minimum Gasteiger partial charge on any atom is -0.366 e. The molecule has 0 unspecified atom stereocenters. The maximum Gasteiger partial charge on any atom is 0.145 e. The fourth-order valence-electron chi connectivity index (χ4n) is 2.24. The predicted octanol–water partition coefficient (Wildman–Crippen LogP) is 3.44. The van der Waals surface area contributed by atoms with Gasteiger partial charge in [-0.2, -0.15) is 0 Å². The molecule has 0 atom stereocenters. The topological polar surface area (TPSA) is 37.0 Å². The van der Waals surface area contributed by atoms with E-state index in [2.05, 4.69) is 31.5 Å². The summed E-state index contributed by atoms with van der Waals surface area (Å²) in [4.78, 5) is 4.31. The van der Waals surface area contributed by atoms with Crippen molar-refractivity contribution in [1.29, 1.82) is 0 Å². The second-order valence-corrected chi connectivity index (χ2v) is 5.79. The van der Waals surface area contributed by atoms with Gasteiger partial charge in [0.2, 0.25) is 0 Å². The minimum absolute atomic E-state index is 0.491. The van der Waals surface area contributed by atoms with Crippen LogP contribution in [0.3, 0.4) is 0 Å². The van der Waals surface area contributed by atoms with Crippen LogP contribution in [0.1, 0.15) is 25.7 Å². The Balaban J connectivity index is 1.93. The molecule has 94 valence electrons. The smallest absolute Gasteiger partial charge is 0.145 e. The average molecular weight is 319 g/mol. The van der Waals surface area contributed by atoms with E-state index >= 15 is 0 Å². The lowest BCUT2D eigenvalue weighted by Gasteiger charge is -2.29. The SMILES string of the molecule is CNC1CCC(Nc2ncc(Br)cc2Cl)CC1. The molecule has 2 N–H and O–H groups in total. The third-order valence-corrected chi connectivity index (χ3v) is 4.01. The standard InChI is InChI=1S/C12H17BrClN3/c1-15-9-2-4-10(5-3-9)17-12-11(14)6-8(13)7-16-12/h6-7,9-10,15H,2-5H2,1H3,(H,16,17). The van der Waals surface area contributed by atoms with Gasteiger partial charge in [0, 0.05) is 22.8 Å². The molecule has 5 heteroatoms. The Bertz CT molecular complexity index is 378. The van der Waals surface area contributed by atoms with Crippen LogP contribution in [0, 0.1) is 0 Å². The average Bonchev–Trinajstić information content (AvgIpc) is 2.34. The highest BCUT2D eigenvalue weighted by molar-refractivity contribution is 9.10. The summed E-state index contributed by atoms with van der Waals surface area (Å²) in [6.07, 6.45) is 6.53. The first-order valence-electron chi connectivity index (χ1n) is 5.94. The number of rotatable bonds is 3. The van der Waals surface area contributed by atoms with Gasteiger partial charge < -0.3 is 10.6 Å². The number of halogens is 2. The summed E-state index contributed by atoms with van der Waals surface area (Å²) < 4.78 is 0.909. The molecule has 3 nitrogen and oxygen atoms in total. The molecule has 17 heavy (non-hydrogen) atoms. The Labute approximate surface area is 115 Å². The van der Waals surface area contributed by atoms with Gasteiger partial charge in [-0.15, -0.1) is 0 Å². The number of pyridine rings is 1. The Morgan fingerprint density at radius 2 is 1.94 bits per heavy atom. The molecule has 0 amide bonds. The zero-order valence-corrected chi connectivity index (χ0v) is 12.2. The van der Waals surface area contributed by atoms with Gasteiger partial charge in [-0.1, -0.05) is 11.6 Å². The molecule has 1 aromatic heterocycles. The third-order valence-electron chi connectivity index (χ3n) is 3.28. The van der Waals surface area contributed by atoms with Crippen LogP contribution in [0.25, 0.3) is 0 Å². The van der Waals surface area contributed by atoms with Crippen LogP contribution in [-0.2, 0) is 0 Å². The van der Waals surface area contributed by atoms with Gasteiger partial charge in [0.25, 0.3) is 0 Å². The van der Waals surface area contributed by atoms with Crippen LogP contribution < -0.4 is 10.6 Å². The fraction of sp³-hybridized carbons (Fsp3) is 0.583. The first kappa shape index (κ1) is 13.1. The van der Waals surface area contributed by atoms with Crippen molar-refractivity contribution in [3.05, 3.63) is 21.8 Å². The van der Waals surface area contributed by atoms with Crippen molar-refractivity contribution in [3.8, 4) is 0 Å². The van der Waals surface area contributed by atoms with E-state index in [1.165, 1.54) is 25.7 Å². The number of aromatic nitrogens is 1. The maximum absolute atomic E-state index is 6.14. The first-order valence-corrected chi connectivity index (χ1v) is 7.11. The van der Waals surface area contributed by atoms with Crippen LogP contribution in [-0.4, -0.2) is 24.1 Å². The molecule has 0 radical (unpaired) electrons. The highest BCUT2D eigenvalue weighted by Gasteiger charge is 2.20. The Morgan fingerprint density at radius 3 is 2.53 bits per heavy atom. The van der Waals surface area contributed by atoms with E-state index in [0.717, 1.165) is 10.3 Å². The molecular weight excluding hydrogens is 302 g/mol. The van der Waals surface area contributed by atoms with Gasteiger partial charge in [0.05, 0.1) is 5.02 Å². The normalized spacial score (nSPS) is 24.6. The van der Waals surface area contributed by atoms with Crippen molar-refractivity contribution in [3.63, 3.8) is 0 Å². The molecule has 1 aliphatic rings. The van der Waals surface area contributed by atoms with E-state index in [0.29, 0.717) is 17.1 Å². The zero-order valence-electron chi connectivity index (χ0n) is 9.84. The van der Waals surface area contributed by atoms with Crippen molar-refractivity contribution in [2.45, 2.75) is 37.8 Å². The highest BCUT2D eigenvalue weighted by atomic mass is 79.9. The van der Waals surface area contributed by atoms with E-state index in [1.807, 2.05) is 13.1 Å². The van der Waals surface area contributed by atoms with Gasteiger partial charge in [-0.25, -0.2) is 4.98 Å². The number of anilines is 1. The number of nitrogens with one attached hydrogen (secondary N) is 2. The summed E-state index contributed by atoms with van der Waals surface area (Å²) in [6, 6.07) is 3.03. The van der Waals surface area contributed by atoms with Crippen molar-refractivity contribution in [2.75, 3.05) is 12.4 Å². The van der Waals surface area contributed by atoms with Crippen molar-refractivity contribution >= 4 is 33.3 Å². The van der Waals surface area contributed by atoms with Gasteiger partial charge >= 0.3 is 0 Å². The molecule has 0 bridgehead atoms. The molecule has 0 saturated heterocycles.